The average molecular weight is 256 g/mol. The van der Waals surface area contributed by atoms with E-state index in [1.165, 1.54) is 12.8 Å². The van der Waals surface area contributed by atoms with Crippen LogP contribution in [-0.4, -0.2) is 23.1 Å². The van der Waals surface area contributed by atoms with Gasteiger partial charge in [0.1, 0.15) is 0 Å². The number of piperidine rings is 1. The van der Waals surface area contributed by atoms with Crippen LogP contribution in [0.5, 0.6) is 0 Å². The topological polar surface area (TPSA) is 55.0 Å². The Morgan fingerprint density at radius 3 is 2.53 bits per heavy atom. The number of nitrogen functional groups attached to an aromatic ring is 1. The molecule has 100 valence electrons. The van der Waals surface area contributed by atoms with E-state index >= 15 is 0 Å². The largest absolute Gasteiger partial charge is 0.381 e. The molecule has 1 saturated heterocycles. The summed E-state index contributed by atoms with van der Waals surface area (Å²) in [5, 5.41) is 0. The first kappa shape index (κ1) is 12.2. The molecule has 3 rings (SSSR count). The van der Waals surface area contributed by atoms with Crippen molar-refractivity contribution < 1.29 is 0 Å². The Kier molecular flexibility index (Phi) is 2.81. The molecule has 19 heavy (non-hydrogen) atoms. The third-order valence-corrected chi connectivity index (χ3v) is 3.78. The summed E-state index contributed by atoms with van der Waals surface area (Å²) in [6, 6.07) is 7.88. The van der Waals surface area contributed by atoms with Gasteiger partial charge in [0, 0.05) is 13.1 Å². The van der Waals surface area contributed by atoms with Gasteiger partial charge in [-0.05, 0) is 30.4 Å². The van der Waals surface area contributed by atoms with Crippen LogP contribution in [0, 0.1) is 5.41 Å². The molecule has 1 aromatic carbocycles. The molecule has 0 radical (unpaired) electrons. The minimum absolute atomic E-state index is 0.317. The fourth-order valence-electron chi connectivity index (χ4n) is 2.84. The maximum Gasteiger partial charge on any atom is 0.172 e. The van der Waals surface area contributed by atoms with Crippen molar-refractivity contribution in [2.24, 2.45) is 5.41 Å². The Hall–Kier alpha value is -1.84. The molecule has 0 saturated carbocycles. The highest BCUT2D eigenvalue weighted by Crippen LogP contribution is 2.33. The number of nitrogens with zero attached hydrogens (tertiary/aromatic N) is 3. The molecule has 0 bridgehead atoms. The number of para-hydroxylation sites is 2. The van der Waals surface area contributed by atoms with Gasteiger partial charge in [-0.2, -0.15) is 0 Å². The van der Waals surface area contributed by atoms with Crippen LogP contribution in [0.15, 0.2) is 24.3 Å². The molecule has 2 heterocycles. The van der Waals surface area contributed by atoms with Gasteiger partial charge in [0.25, 0.3) is 0 Å². The zero-order chi connectivity index (χ0) is 13.5. The normalized spacial score (nSPS) is 18.7. The van der Waals surface area contributed by atoms with Crippen LogP contribution < -0.4 is 10.6 Å². The zero-order valence-electron chi connectivity index (χ0n) is 11.6. The summed E-state index contributed by atoms with van der Waals surface area (Å²) in [4.78, 5) is 11.5. The highest BCUT2D eigenvalue weighted by Gasteiger charge is 2.28. The van der Waals surface area contributed by atoms with E-state index in [0.717, 1.165) is 29.9 Å². The summed E-state index contributed by atoms with van der Waals surface area (Å²) in [5.41, 5.74) is 8.18. The highest BCUT2D eigenvalue weighted by atomic mass is 15.2. The summed E-state index contributed by atoms with van der Waals surface area (Å²) < 4.78 is 0. The first-order chi connectivity index (χ1) is 9.05. The van der Waals surface area contributed by atoms with E-state index < -0.39 is 0 Å². The van der Waals surface area contributed by atoms with Crippen LogP contribution in [-0.2, 0) is 0 Å². The standard InChI is InChI=1S/C15H20N4/c1-15(2)8-5-9-19(10-15)14-13(16)17-11-6-3-4-7-12(11)18-14/h3-4,6-7H,5,8-10H2,1-2H3,(H2,16,17). The van der Waals surface area contributed by atoms with E-state index in [-0.39, 0.29) is 0 Å². The summed E-state index contributed by atoms with van der Waals surface area (Å²) in [7, 11) is 0. The second-order valence-electron chi connectivity index (χ2n) is 6.11. The monoisotopic (exact) mass is 256 g/mol. The smallest absolute Gasteiger partial charge is 0.172 e. The van der Waals surface area contributed by atoms with Crippen LogP contribution in [0.25, 0.3) is 11.0 Å². The molecule has 1 aromatic heterocycles. The number of rotatable bonds is 1. The van der Waals surface area contributed by atoms with Crippen molar-refractivity contribution in [1.82, 2.24) is 9.97 Å². The molecule has 0 atom stereocenters. The molecule has 0 aliphatic carbocycles. The van der Waals surface area contributed by atoms with Crippen molar-refractivity contribution in [1.29, 1.82) is 0 Å². The lowest BCUT2D eigenvalue weighted by atomic mass is 9.84. The molecule has 0 unspecified atom stereocenters. The molecular formula is C15H20N4. The van der Waals surface area contributed by atoms with E-state index in [1.54, 1.807) is 0 Å². The number of nitrogens with two attached hydrogens (primary N) is 1. The Bertz CT molecular complexity index is 606. The van der Waals surface area contributed by atoms with Gasteiger partial charge in [-0.25, -0.2) is 9.97 Å². The lowest BCUT2D eigenvalue weighted by Gasteiger charge is -2.38. The Balaban J connectivity index is 2.02. The molecule has 1 aliphatic rings. The van der Waals surface area contributed by atoms with Crippen LogP contribution >= 0.6 is 0 Å². The van der Waals surface area contributed by atoms with Crippen molar-refractivity contribution in [2.45, 2.75) is 26.7 Å². The van der Waals surface area contributed by atoms with Gasteiger partial charge in [-0.15, -0.1) is 0 Å². The van der Waals surface area contributed by atoms with Gasteiger partial charge < -0.3 is 10.6 Å². The lowest BCUT2D eigenvalue weighted by Crippen LogP contribution is -2.41. The number of benzene rings is 1. The molecule has 2 N–H and O–H groups in total. The van der Waals surface area contributed by atoms with Gasteiger partial charge >= 0.3 is 0 Å². The predicted molar refractivity (Wildman–Crippen MR) is 79.2 cm³/mol. The Morgan fingerprint density at radius 2 is 1.84 bits per heavy atom. The highest BCUT2D eigenvalue weighted by molar-refractivity contribution is 5.79. The molecule has 0 spiro atoms. The summed E-state index contributed by atoms with van der Waals surface area (Å²) in [6.07, 6.45) is 2.44. The van der Waals surface area contributed by atoms with Crippen LogP contribution in [0.2, 0.25) is 0 Å². The maximum atomic E-state index is 6.09. The van der Waals surface area contributed by atoms with Crippen molar-refractivity contribution in [3.05, 3.63) is 24.3 Å². The number of anilines is 2. The minimum atomic E-state index is 0.317. The van der Waals surface area contributed by atoms with Gasteiger partial charge in [0.05, 0.1) is 11.0 Å². The van der Waals surface area contributed by atoms with Crippen molar-refractivity contribution >= 4 is 22.7 Å². The van der Waals surface area contributed by atoms with Gasteiger partial charge in [0.15, 0.2) is 11.6 Å². The summed E-state index contributed by atoms with van der Waals surface area (Å²) in [6.45, 7) is 6.60. The zero-order valence-corrected chi connectivity index (χ0v) is 11.6. The van der Waals surface area contributed by atoms with E-state index in [0.29, 0.717) is 11.2 Å². The van der Waals surface area contributed by atoms with Crippen molar-refractivity contribution in [2.75, 3.05) is 23.7 Å². The summed E-state index contributed by atoms with van der Waals surface area (Å²) in [5.74, 6) is 1.38. The van der Waals surface area contributed by atoms with Gasteiger partial charge in [0.2, 0.25) is 0 Å². The molecule has 0 amide bonds. The molecule has 1 aliphatic heterocycles. The molecule has 2 aromatic rings. The number of fused-ring (bicyclic) bond motifs is 1. The average Bonchev–Trinajstić information content (AvgIpc) is 2.36. The van der Waals surface area contributed by atoms with E-state index in [9.17, 15) is 0 Å². The molecule has 4 nitrogen and oxygen atoms in total. The molecule has 1 fully saturated rings. The van der Waals surface area contributed by atoms with Gasteiger partial charge in [-0.1, -0.05) is 26.0 Å². The van der Waals surface area contributed by atoms with Crippen LogP contribution in [0.4, 0.5) is 11.6 Å². The lowest BCUT2D eigenvalue weighted by molar-refractivity contribution is 0.292. The minimum Gasteiger partial charge on any atom is -0.381 e. The third kappa shape index (κ3) is 2.35. The van der Waals surface area contributed by atoms with E-state index in [2.05, 4.69) is 23.7 Å². The number of hydrogen-bond acceptors (Lipinski definition) is 4. The van der Waals surface area contributed by atoms with Crippen molar-refractivity contribution in [3.63, 3.8) is 0 Å². The number of hydrogen-bond donors (Lipinski definition) is 1. The number of aromatic nitrogens is 2. The fraction of sp³-hybridized carbons (Fsp3) is 0.467. The van der Waals surface area contributed by atoms with E-state index in [4.69, 9.17) is 10.7 Å². The molecular weight excluding hydrogens is 236 g/mol. The van der Waals surface area contributed by atoms with Crippen LogP contribution in [0.3, 0.4) is 0 Å². The second kappa shape index (κ2) is 4.37. The Morgan fingerprint density at radius 1 is 1.16 bits per heavy atom. The maximum absolute atomic E-state index is 6.09. The van der Waals surface area contributed by atoms with Gasteiger partial charge in [-0.3, -0.25) is 0 Å². The first-order valence-electron chi connectivity index (χ1n) is 6.82. The summed E-state index contributed by atoms with van der Waals surface area (Å²) >= 11 is 0. The second-order valence-corrected chi connectivity index (χ2v) is 6.11. The Labute approximate surface area is 113 Å². The SMILES string of the molecule is CC1(C)CCCN(c2nc3ccccc3nc2N)C1. The van der Waals surface area contributed by atoms with E-state index in [1.807, 2.05) is 24.3 Å². The third-order valence-electron chi connectivity index (χ3n) is 3.78. The van der Waals surface area contributed by atoms with Crippen LogP contribution in [0.1, 0.15) is 26.7 Å². The molecule has 4 heteroatoms. The predicted octanol–water partition coefficient (Wildman–Crippen LogP) is 2.84. The quantitative estimate of drug-likeness (QED) is 0.852. The fourth-order valence-corrected chi connectivity index (χ4v) is 2.84. The van der Waals surface area contributed by atoms with Crippen molar-refractivity contribution in [3.8, 4) is 0 Å². The first-order valence-corrected chi connectivity index (χ1v) is 6.82.